The lowest BCUT2D eigenvalue weighted by Crippen LogP contribution is -2.43. The van der Waals surface area contributed by atoms with Gasteiger partial charge in [0, 0.05) is 19.3 Å². The summed E-state index contributed by atoms with van der Waals surface area (Å²) in [5, 5.41) is 11.3. The molecule has 5 heteroatoms. The fourth-order valence-electron chi connectivity index (χ4n) is 3.90. The molecule has 5 nitrogen and oxygen atoms in total. The second kappa shape index (κ2) is 8.04. The smallest absolute Gasteiger partial charge is 0.343 e. The first-order chi connectivity index (χ1) is 12.5. The highest BCUT2D eigenvalue weighted by atomic mass is 16.5. The van der Waals surface area contributed by atoms with Crippen molar-refractivity contribution >= 4 is 5.97 Å². The van der Waals surface area contributed by atoms with Crippen LogP contribution in [0.25, 0.3) is 0 Å². The number of aryl methyl sites for hydroxylation is 2. The molecule has 1 heterocycles. The summed E-state index contributed by atoms with van der Waals surface area (Å²) in [5.41, 5.74) is -0.890. The summed E-state index contributed by atoms with van der Waals surface area (Å²) in [5.74, 6) is 0.580. The second-order valence-corrected chi connectivity index (χ2v) is 7.25. The molecule has 3 rings (SSSR count). The van der Waals surface area contributed by atoms with E-state index in [2.05, 4.69) is 16.1 Å². The molecule has 0 aliphatic heterocycles. The summed E-state index contributed by atoms with van der Waals surface area (Å²) < 4.78 is 9.72. The molecule has 140 valence electrons. The Balaban J connectivity index is 1.63. The monoisotopic (exact) mass is 357 g/mol. The van der Waals surface area contributed by atoms with Crippen molar-refractivity contribution in [1.29, 1.82) is 0 Å². The summed E-state index contributed by atoms with van der Waals surface area (Å²) in [6, 6.07) is 9.25. The van der Waals surface area contributed by atoms with Gasteiger partial charge in [-0.15, -0.1) is 0 Å². The third-order valence-corrected chi connectivity index (χ3v) is 5.64. The molecule has 0 spiro atoms. The number of benzene rings is 1. The largest absolute Gasteiger partial charge is 0.463 e. The number of rotatable bonds is 7. The Bertz CT molecular complexity index is 735. The Hall–Kier alpha value is -2.14. The molecule has 1 saturated carbocycles. The average Bonchev–Trinajstić information content (AvgIpc) is 3.31. The van der Waals surface area contributed by atoms with E-state index in [1.165, 1.54) is 0 Å². The maximum atomic E-state index is 12.9. The molecule has 0 saturated heterocycles. The zero-order chi connectivity index (χ0) is 18.6. The molecule has 1 aromatic heterocycles. The van der Waals surface area contributed by atoms with E-state index in [0.717, 1.165) is 44.5 Å². The van der Waals surface area contributed by atoms with Gasteiger partial charge in [0.25, 0.3) is 5.82 Å². The quantitative estimate of drug-likeness (QED) is 0.471. The number of carbonyl (C=O) groups is 1. The van der Waals surface area contributed by atoms with Crippen LogP contribution in [0.1, 0.15) is 43.5 Å². The number of carbonyl (C=O) groups excluding carboxylic acids is 1. The Morgan fingerprint density at radius 1 is 1.31 bits per heavy atom. The third-order valence-electron chi connectivity index (χ3n) is 5.64. The topological polar surface area (TPSA) is 55.3 Å². The Morgan fingerprint density at radius 3 is 2.62 bits per heavy atom. The summed E-state index contributed by atoms with van der Waals surface area (Å²) in [6.07, 6.45) is 8.58. The van der Waals surface area contributed by atoms with E-state index in [1.807, 2.05) is 49.8 Å². The molecule has 0 bridgehead atoms. The third kappa shape index (κ3) is 3.68. The minimum Gasteiger partial charge on any atom is -0.463 e. The molecule has 1 aromatic carbocycles. The second-order valence-electron chi connectivity index (χ2n) is 7.25. The van der Waals surface area contributed by atoms with Crippen molar-refractivity contribution in [2.45, 2.75) is 51.2 Å². The number of hydrogen-bond donors (Lipinski definition) is 1. The van der Waals surface area contributed by atoms with Gasteiger partial charge in [-0.05, 0) is 18.4 Å². The number of hydrogen-bond acceptors (Lipinski definition) is 3. The number of esters is 1. The first kappa shape index (κ1) is 18.6. The van der Waals surface area contributed by atoms with Gasteiger partial charge in [0.2, 0.25) is 0 Å². The molecule has 0 amide bonds. The van der Waals surface area contributed by atoms with E-state index in [-0.39, 0.29) is 5.92 Å². The highest BCUT2D eigenvalue weighted by Crippen LogP contribution is 2.41. The van der Waals surface area contributed by atoms with Gasteiger partial charge in [0.05, 0.1) is 20.2 Å². The minimum atomic E-state index is -1.53. The van der Waals surface area contributed by atoms with Crippen LogP contribution in [-0.2, 0) is 28.7 Å². The number of ether oxygens (including phenoxy) is 1. The van der Waals surface area contributed by atoms with Gasteiger partial charge in [-0.3, -0.25) is 0 Å². The Morgan fingerprint density at radius 2 is 2.00 bits per heavy atom. The van der Waals surface area contributed by atoms with E-state index in [4.69, 9.17) is 4.74 Å². The Labute approximate surface area is 155 Å². The molecule has 1 fully saturated rings. The lowest BCUT2D eigenvalue weighted by atomic mass is 9.80. The van der Waals surface area contributed by atoms with Crippen molar-refractivity contribution in [3.8, 4) is 0 Å². The zero-order valence-electron chi connectivity index (χ0n) is 15.7. The standard InChI is InChI=1S/C21H29N2O3/c1-17-22(2)14-15-23(17)13-8-16-26-20(24)21(25,19-11-6-7-12-19)18-9-4-3-5-10-18/h3-5,9-10,14-15,19,25H,6-8,11-13,16H2,1-2H3/q+1. The minimum absolute atomic E-state index is 0.0665. The van der Waals surface area contributed by atoms with Crippen LogP contribution in [0.15, 0.2) is 42.7 Å². The molecule has 1 N–H and O–H groups in total. The van der Waals surface area contributed by atoms with E-state index >= 15 is 0 Å². The highest BCUT2D eigenvalue weighted by Gasteiger charge is 2.47. The lowest BCUT2D eigenvalue weighted by molar-refractivity contribution is -0.677. The molecule has 0 radical (unpaired) electrons. The molecule has 2 aromatic rings. The fraction of sp³-hybridized carbons (Fsp3) is 0.524. The number of aliphatic hydroxyl groups is 1. The van der Waals surface area contributed by atoms with Gasteiger partial charge in [0.15, 0.2) is 5.60 Å². The molecule has 1 atom stereocenters. The molecular weight excluding hydrogens is 328 g/mol. The van der Waals surface area contributed by atoms with Gasteiger partial charge in [0.1, 0.15) is 12.4 Å². The van der Waals surface area contributed by atoms with E-state index in [1.54, 1.807) is 0 Å². The van der Waals surface area contributed by atoms with Crippen molar-refractivity contribution in [2.24, 2.45) is 13.0 Å². The van der Waals surface area contributed by atoms with Crippen LogP contribution >= 0.6 is 0 Å². The summed E-state index contributed by atoms with van der Waals surface area (Å²) in [4.78, 5) is 12.9. The number of nitrogens with zero attached hydrogens (tertiary/aromatic N) is 2. The van der Waals surface area contributed by atoms with Gasteiger partial charge < -0.3 is 9.84 Å². The average molecular weight is 357 g/mol. The number of aromatic nitrogens is 2. The van der Waals surface area contributed by atoms with Crippen LogP contribution in [-0.4, -0.2) is 22.2 Å². The van der Waals surface area contributed by atoms with Crippen LogP contribution in [0.5, 0.6) is 0 Å². The fourth-order valence-corrected chi connectivity index (χ4v) is 3.90. The van der Waals surface area contributed by atoms with Crippen LogP contribution in [0.4, 0.5) is 0 Å². The lowest BCUT2D eigenvalue weighted by Gasteiger charge is -2.32. The Kier molecular flexibility index (Phi) is 5.77. The summed E-state index contributed by atoms with van der Waals surface area (Å²) in [7, 11) is 2.01. The maximum Gasteiger partial charge on any atom is 0.343 e. The van der Waals surface area contributed by atoms with Crippen LogP contribution in [0.3, 0.4) is 0 Å². The number of imidazole rings is 1. The predicted molar refractivity (Wildman–Crippen MR) is 98.2 cm³/mol. The van der Waals surface area contributed by atoms with Crippen LogP contribution < -0.4 is 4.57 Å². The predicted octanol–water partition coefficient (Wildman–Crippen LogP) is 2.63. The van der Waals surface area contributed by atoms with E-state index < -0.39 is 11.6 Å². The molecule has 1 unspecified atom stereocenters. The molecule has 1 aliphatic rings. The van der Waals surface area contributed by atoms with E-state index in [9.17, 15) is 9.90 Å². The molecule has 1 aliphatic carbocycles. The van der Waals surface area contributed by atoms with Gasteiger partial charge in [-0.25, -0.2) is 13.9 Å². The summed E-state index contributed by atoms with van der Waals surface area (Å²) in [6.45, 7) is 3.15. The molecule has 26 heavy (non-hydrogen) atoms. The van der Waals surface area contributed by atoms with Crippen LogP contribution in [0, 0.1) is 12.8 Å². The maximum absolute atomic E-state index is 12.9. The molecular formula is C21H29N2O3+. The zero-order valence-corrected chi connectivity index (χ0v) is 15.7. The van der Waals surface area contributed by atoms with Crippen LogP contribution in [0.2, 0.25) is 0 Å². The van der Waals surface area contributed by atoms with Crippen molar-refractivity contribution in [1.82, 2.24) is 4.57 Å². The van der Waals surface area contributed by atoms with Crippen molar-refractivity contribution in [2.75, 3.05) is 6.61 Å². The SMILES string of the molecule is Cc1n(CCCOC(=O)C(O)(c2ccccc2)C2CCCC2)cc[n+]1C. The van der Waals surface area contributed by atoms with Gasteiger partial charge >= 0.3 is 5.97 Å². The van der Waals surface area contributed by atoms with Crippen molar-refractivity contribution in [3.05, 3.63) is 54.1 Å². The van der Waals surface area contributed by atoms with Gasteiger partial charge in [-0.1, -0.05) is 43.2 Å². The normalized spacial score (nSPS) is 17.2. The van der Waals surface area contributed by atoms with Crippen molar-refractivity contribution in [3.63, 3.8) is 0 Å². The van der Waals surface area contributed by atoms with Crippen molar-refractivity contribution < 1.29 is 19.2 Å². The van der Waals surface area contributed by atoms with E-state index in [0.29, 0.717) is 12.2 Å². The first-order valence-electron chi connectivity index (χ1n) is 9.50. The first-order valence-corrected chi connectivity index (χ1v) is 9.50. The highest BCUT2D eigenvalue weighted by molar-refractivity contribution is 5.81. The summed E-state index contributed by atoms with van der Waals surface area (Å²) >= 11 is 0. The van der Waals surface area contributed by atoms with Gasteiger partial charge in [-0.2, -0.15) is 0 Å².